The first kappa shape index (κ1) is 18.0. The second-order valence-electron chi connectivity index (χ2n) is 6.06. The summed E-state index contributed by atoms with van der Waals surface area (Å²) in [5, 5.41) is 0. The first-order chi connectivity index (χ1) is 8.85. The van der Waals surface area contributed by atoms with E-state index in [1.54, 1.807) is 0 Å². The maximum Gasteiger partial charge on any atom is -0.0414 e. The highest BCUT2D eigenvalue weighted by Crippen LogP contribution is 2.22. The Hall–Kier alpha value is 0. The molecule has 0 radical (unpaired) electrons. The molecule has 0 heteroatoms. The zero-order valence-corrected chi connectivity index (χ0v) is 13.5. The minimum atomic E-state index is 1.04. The van der Waals surface area contributed by atoms with Crippen LogP contribution in [0.4, 0.5) is 0 Å². The van der Waals surface area contributed by atoms with E-state index < -0.39 is 0 Å². The Labute approximate surface area is 117 Å². The van der Waals surface area contributed by atoms with Gasteiger partial charge < -0.3 is 0 Å². The third kappa shape index (κ3) is 12.5. The van der Waals surface area contributed by atoms with Gasteiger partial charge in [-0.05, 0) is 5.92 Å². The predicted octanol–water partition coefficient (Wildman–Crippen LogP) is 7.12. The molecule has 0 saturated carbocycles. The molecule has 0 aromatic carbocycles. The van der Waals surface area contributed by atoms with Crippen molar-refractivity contribution in [2.45, 2.75) is 111 Å². The van der Waals surface area contributed by atoms with E-state index in [1.165, 1.54) is 89.9 Å². The van der Waals surface area contributed by atoms with Crippen LogP contribution in [-0.4, -0.2) is 0 Å². The van der Waals surface area contributed by atoms with Crippen molar-refractivity contribution < 1.29 is 0 Å². The number of unbranched alkanes of at least 4 members (excludes halogenated alkanes) is 8. The van der Waals surface area contributed by atoms with Gasteiger partial charge in [0.25, 0.3) is 0 Å². The Kier molecular flexibility index (Phi) is 15.1. The van der Waals surface area contributed by atoms with Crippen LogP contribution in [0.1, 0.15) is 111 Å². The molecule has 0 spiro atoms. The molecule has 0 heterocycles. The summed E-state index contributed by atoms with van der Waals surface area (Å²) in [7, 11) is 0. The van der Waals surface area contributed by atoms with Crippen LogP contribution in [0.3, 0.4) is 0 Å². The quantitative estimate of drug-likeness (QED) is 0.289. The van der Waals surface area contributed by atoms with Gasteiger partial charge in [-0.2, -0.15) is 0 Å². The van der Waals surface area contributed by atoms with E-state index in [1.807, 2.05) is 0 Å². The highest BCUT2D eigenvalue weighted by Gasteiger charge is 2.07. The van der Waals surface area contributed by atoms with Gasteiger partial charge in [0, 0.05) is 0 Å². The van der Waals surface area contributed by atoms with Crippen LogP contribution in [-0.2, 0) is 0 Å². The molecule has 18 heavy (non-hydrogen) atoms. The second kappa shape index (κ2) is 15.1. The maximum atomic E-state index is 2.35. The topological polar surface area (TPSA) is 0 Å². The molecule has 0 aromatic rings. The molecule has 0 bridgehead atoms. The molecule has 1 unspecified atom stereocenters. The fourth-order valence-electron chi connectivity index (χ4n) is 2.91. The van der Waals surface area contributed by atoms with Crippen molar-refractivity contribution in [3.05, 3.63) is 0 Å². The summed E-state index contributed by atoms with van der Waals surface area (Å²) in [6.07, 6.45) is 20.3. The van der Waals surface area contributed by atoms with Crippen molar-refractivity contribution in [3.63, 3.8) is 0 Å². The minimum Gasteiger partial charge on any atom is -0.0654 e. The highest BCUT2D eigenvalue weighted by molar-refractivity contribution is 4.60. The molecule has 0 aromatic heterocycles. The zero-order chi connectivity index (χ0) is 13.5. The molecule has 110 valence electrons. The Morgan fingerprint density at radius 3 is 1.39 bits per heavy atom. The monoisotopic (exact) mass is 254 g/mol. The largest absolute Gasteiger partial charge is 0.0654 e. The standard InChI is InChI=1S/C18H38/c1-4-7-9-11-12-14-17-18(15-6-3)16-13-10-8-5-2/h18H,4-17H2,1-3H3. The third-order valence-electron chi connectivity index (χ3n) is 4.13. The lowest BCUT2D eigenvalue weighted by atomic mass is 9.91. The summed E-state index contributed by atoms with van der Waals surface area (Å²) in [4.78, 5) is 0. The third-order valence-corrected chi connectivity index (χ3v) is 4.13. The van der Waals surface area contributed by atoms with Crippen LogP contribution >= 0.6 is 0 Å². The predicted molar refractivity (Wildman–Crippen MR) is 85.2 cm³/mol. The van der Waals surface area contributed by atoms with E-state index in [0.29, 0.717) is 0 Å². The molecule has 1 atom stereocenters. The molecule has 0 aliphatic carbocycles. The van der Waals surface area contributed by atoms with Crippen LogP contribution in [0.5, 0.6) is 0 Å². The van der Waals surface area contributed by atoms with Crippen molar-refractivity contribution >= 4 is 0 Å². The average molecular weight is 255 g/mol. The van der Waals surface area contributed by atoms with Gasteiger partial charge in [-0.25, -0.2) is 0 Å². The molecular weight excluding hydrogens is 216 g/mol. The van der Waals surface area contributed by atoms with E-state index in [0.717, 1.165) is 5.92 Å². The molecule has 0 aliphatic heterocycles. The van der Waals surface area contributed by atoms with Crippen molar-refractivity contribution in [2.75, 3.05) is 0 Å². The van der Waals surface area contributed by atoms with E-state index in [4.69, 9.17) is 0 Å². The van der Waals surface area contributed by atoms with Gasteiger partial charge >= 0.3 is 0 Å². The molecule has 0 nitrogen and oxygen atoms in total. The highest BCUT2D eigenvalue weighted by atomic mass is 14.1. The molecule has 0 rings (SSSR count). The van der Waals surface area contributed by atoms with Crippen LogP contribution in [0.2, 0.25) is 0 Å². The lowest BCUT2D eigenvalue weighted by Crippen LogP contribution is -2.00. The first-order valence-electron chi connectivity index (χ1n) is 8.85. The molecule has 0 saturated heterocycles. The number of rotatable bonds is 14. The van der Waals surface area contributed by atoms with E-state index in [9.17, 15) is 0 Å². The zero-order valence-electron chi connectivity index (χ0n) is 13.5. The summed E-state index contributed by atoms with van der Waals surface area (Å²) in [6.45, 7) is 6.95. The smallest absolute Gasteiger partial charge is 0.0414 e. The number of hydrogen-bond donors (Lipinski definition) is 0. The van der Waals surface area contributed by atoms with Crippen LogP contribution < -0.4 is 0 Å². The van der Waals surface area contributed by atoms with Crippen molar-refractivity contribution in [1.82, 2.24) is 0 Å². The average Bonchev–Trinajstić information content (AvgIpc) is 2.38. The maximum absolute atomic E-state index is 2.35. The fraction of sp³-hybridized carbons (Fsp3) is 1.00. The molecular formula is C18H38. The van der Waals surface area contributed by atoms with Gasteiger partial charge in [-0.15, -0.1) is 0 Å². The lowest BCUT2D eigenvalue weighted by molar-refractivity contribution is 0.378. The van der Waals surface area contributed by atoms with E-state index >= 15 is 0 Å². The summed E-state index contributed by atoms with van der Waals surface area (Å²) >= 11 is 0. The SMILES string of the molecule is CCCCCCCCC(CCC)CCCCCC. The Bertz CT molecular complexity index is 139. The van der Waals surface area contributed by atoms with Crippen molar-refractivity contribution in [2.24, 2.45) is 5.92 Å². The van der Waals surface area contributed by atoms with Gasteiger partial charge in [-0.3, -0.25) is 0 Å². The van der Waals surface area contributed by atoms with E-state index in [-0.39, 0.29) is 0 Å². The van der Waals surface area contributed by atoms with Crippen LogP contribution in [0, 0.1) is 5.92 Å². The van der Waals surface area contributed by atoms with Crippen LogP contribution in [0.15, 0.2) is 0 Å². The summed E-state index contributed by atoms with van der Waals surface area (Å²) in [5.41, 5.74) is 0. The first-order valence-corrected chi connectivity index (χ1v) is 8.85. The van der Waals surface area contributed by atoms with E-state index in [2.05, 4.69) is 20.8 Å². The summed E-state index contributed by atoms with van der Waals surface area (Å²) in [5.74, 6) is 1.04. The Morgan fingerprint density at radius 2 is 0.889 bits per heavy atom. The summed E-state index contributed by atoms with van der Waals surface area (Å²) < 4.78 is 0. The van der Waals surface area contributed by atoms with Crippen molar-refractivity contribution in [1.29, 1.82) is 0 Å². The lowest BCUT2D eigenvalue weighted by Gasteiger charge is -2.15. The minimum absolute atomic E-state index is 1.04. The van der Waals surface area contributed by atoms with Gasteiger partial charge in [0.1, 0.15) is 0 Å². The normalized spacial score (nSPS) is 12.8. The Morgan fingerprint density at radius 1 is 0.444 bits per heavy atom. The van der Waals surface area contributed by atoms with Gasteiger partial charge in [-0.1, -0.05) is 111 Å². The molecule has 0 fully saturated rings. The molecule has 0 amide bonds. The van der Waals surface area contributed by atoms with Gasteiger partial charge in [0.2, 0.25) is 0 Å². The Balaban J connectivity index is 3.44. The second-order valence-corrected chi connectivity index (χ2v) is 6.06. The van der Waals surface area contributed by atoms with Crippen molar-refractivity contribution in [3.8, 4) is 0 Å². The molecule has 0 N–H and O–H groups in total. The fourth-order valence-corrected chi connectivity index (χ4v) is 2.91. The van der Waals surface area contributed by atoms with Gasteiger partial charge in [0.05, 0.1) is 0 Å². The number of hydrogen-bond acceptors (Lipinski definition) is 0. The molecule has 0 aliphatic rings. The van der Waals surface area contributed by atoms with Gasteiger partial charge in [0.15, 0.2) is 0 Å². The summed E-state index contributed by atoms with van der Waals surface area (Å²) in [6, 6.07) is 0. The van der Waals surface area contributed by atoms with Crippen LogP contribution in [0.25, 0.3) is 0 Å².